The van der Waals surface area contributed by atoms with E-state index >= 15 is 0 Å². The second kappa shape index (κ2) is 4.97. The zero-order valence-corrected chi connectivity index (χ0v) is 12.1. The van der Waals surface area contributed by atoms with E-state index in [0.717, 1.165) is 13.0 Å². The highest BCUT2D eigenvalue weighted by Gasteiger charge is 2.63. The summed E-state index contributed by atoms with van der Waals surface area (Å²) in [6, 6.07) is -0.151. The molecular formula is C14H27NO2. The molecule has 0 aliphatic heterocycles. The van der Waals surface area contributed by atoms with Crippen molar-refractivity contribution in [2.75, 3.05) is 13.2 Å². The van der Waals surface area contributed by atoms with Crippen LogP contribution in [0.3, 0.4) is 0 Å². The number of esters is 1. The summed E-state index contributed by atoms with van der Waals surface area (Å²) < 4.78 is 5.05. The Morgan fingerprint density at radius 2 is 1.76 bits per heavy atom. The molecule has 1 saturated carbocycles. The Morgan fingerprint density at radius 3 is 2.12 bits per heavy atom. The minimum Gasteiger partial charge on any atom is -0.465 e. The Hall–Kier alpha value is -0.570. The van der Waals surface area contributed by atoms with Gasteiger partial charge in [0.25, 0.3) is 0 Å². The summed E-state index contributed by atoms with van der Waals surface area (Å²) in [5.74, 6) is 0.518. The van der Waals surface area contributed by atoms with Crippen molar-refractivity contribution < 1.29 is 9.53 Å². The fourth-order valence-corrected chi connectivity index (χ4v) is 2.74. The molecule has 0 aromatic carbocycles. The van der Waals surface area contributed by atoms with Crippen LogP contribution in [-0.4, -0.2) is 25.2 Å². The third-order valence-corrected chi connectivity index (χ3v) is 4.87. The van der Waals surface area contributed by atoms with Gasteiger partial charge in [-0.3, -0.25) is 4.79 Å². The Balaban J connectivity index is 2.43. The van der Waals surface area contributed by atoms with E-state index in [-0.39, 0.29) is 12.0 Å². The number of carbonyl (C=O) groups excluding carboxylic acids is 1. The molecule has 0 saturated heterocycles. The van der Waals surface area contributed by atoms with Crippen LogP contribution in [0.4, 0.5) is 0 Å². The smallest absolute Gasteiger partial charge is 0.323 e. The molecular weight excluding hydrogens is 214 g/mol. The van der Waals surface area contributed by atoms with E-state index in [9.17, 15) is 4.79 Å². The first-order chi connectivity index (χ1) is 7.79. The van der Waals surface area contributed by atoms with Crippen molar-refractivity contribution in [1.29, 1.82) is 0 Å². The maximum Gasteiger partial charge on any atom is 0.323 e. The van der Waals surface area contributed by atoms with Crippen LogP contribution in [0, 0.1) is 16.7 Å². The van der Waals surface area contributed by atoms with Crippen LogP contribution in [0.5, 0.6) is 0 Å². The summed E-state index contributed by atoms with van der Waals surface area (Å²) in [5.41, 5.74) is 0.736. The molecule has 0 amide bonds. The van der Waals surface area contributed by atoms with Gasteiger partial charge in [0.15, 0.2) is 0 Å². The third-order valence-electron chi connectivity index (χ3n) is 4.87. The highest BCUT2D eigenvalue weighted by atomic mass is 16.5. The lowest BCUT2D eigenvalue weighted by molar-refractivity contribution is -0.145. The maximum absolute atomic E-state index is 11.6. The van der Waals surface area contributed by atoms with Gasteiger partial charge in [0.1, 0.15) is 6.04 Å². The number of nitrogens with one attached hydrogen (secondary N) is 1. The van der Waals surface area contributed by atoms with Gasteiger partial charge in [0.2, 0.25) is 0 Å². The maximum atomic E-state index is 11.6. The highest BCUT2D eigenvalue weighted by molar-refractivity contribution is 5.75. The molecule has 1 N–H and O–H groups in total. The molecule has 0 heterocycles. The van der Waals surface area contributed by atoms with Gasteiger partial charge in [-0.25, -0.2) is 0 Å². The summed E-state index contributed by atoms with van der Waals surface area (Å²) in [7, 11) is 0. The van der Waals surface area contributed by atoms with E-state index in [2.05, 4.69) is 33.0 Å². The second-order valence-electron chi connectivity index (χ2n) is 6.12. The molecule has 1 rings (SSSR count). The van der Waals surface area contributed by atoms with E-state index < -0.39 is 0 Å². The number of ether oxygens (including phenoxy) is 1. The van der Waals surface area contributed by atoms with Gasteiger partial charge >= 0.3 is 5.97 Å². The standard InChI is InChI=1S/C14H27NO2/c1-7-10(12(16)17-8-2)15-9-11-13(3,4)14(11,5)6/h10-11,15H,7-9H2,1-6H3. The number of hydrogen-bond donors (Lipinski definition) is 1. The fourth-order valence-electron chi connectivity index (χ4n) is 2.74. The largest absolute Gasteiger partial charge is 0.465 e. The summed E-state index contributed by atoms with van der Waals surface area (Å²) in [5, 5.41) is 3.35. The van der Waals surface area contributed by atoms with Crippen LogP contribution in [0.1, 0.15) is 48.0 Å². The Labute approximate surface area is 105 Å². The molecule has 17 heavy (non-hydrogen) atoms. The molecule has 0 aromatic rings. The molecule has 0 radical (unpaired) electrons. The van der Waals surface area contributed by atoms with Crippen molar-refractivity contribution in [3.63, 3.8) is 0 Å². The SMILES string of the molecule is CCOC(=O)C(CC)NCC1C(C)(C)C1(C)C. The fraction of sp³-hybridized carbons (Fsp3) is 0.929. The van der Waals surface area contributed by atoms with Crippen LogP contribution in [0.15, 0.2) is 0 Å². The summed E-state index contributed by atoms with van der Waals surface area (Å²) in [4.78, 5) is 11.6. The molecule has 0 aromatic heterocycles. The zero-order chi connectivity index (χ0) is 13.3. The van der Waals surface area contributed by atoms with Crippen LogP contribution < -0.4 is 5.32 Å². The first-order valence-electron chi connectivity index (χ1n) is 6.69. The molecule has 100 valence electrons. The summed E-state index contributed by atoms with van der Waals surface area (Å²) >= 11 is 0. The molecule has 0 bridgehead atoms. The monoisotopic (exact) mass is 241 g/mol. The number of carbonyl (C=O) groups is 1. The first kappa shape index (κ1) is 14.5. The van der Waals surface area contributed by atoms with E-state index in [1.54, 1.807) is 0 Å². The van der Waals surface area contributed by atoms with Crippen molar-refractivity contribution in [2.45, 2.75) is 54.0 Å². The summed E-state index contributed by atoms with van der Waals surface area (Å²) in [6.07, 6.45) is 0.784. The Kier molecular flexibility index (Phi) is 4.23. The lowest BCUT2D eigenvalue weighted by Gasteiger charge is -2.16. The lowest BCUT2D eigenvalue weighted by Crippen LogP contribution is -2.39. The number of hydrogen-bond acceptors (Lipinski definition) is 3. The number of rotatable bonds is 6. The van der Waals surface area contributed by atoms with Gasteiger partial charge in [-0.15, -0.1) is 0 Å². The Bertz CT molecular complexity index is 270. The molecule has 1 unspecified atom stereocenters. The minimum absolute atomic E-state index is 0.119. The molecule has 0 spiro atoms. The van der Waals surface area contributed by atoms with Crippen LogP contribution >= 0.6 is 0 Å². The first-order valence-corrected chi connectivity index (χ1v) is 6.69. The highest BCUT2D eigenvalue weighted by Crippen LogP contribution is 2.67. The van der Waals surface area contributed by atoms with Gasteiger partial charge < -0.3 is 10.1 Å². The topological polar surface area (TPSA) is 38.3 Å². The molecule has 1 atom stereocenters. The minimum atomic E-state index is -0.151. The van der Waals surface area contributed by atoms with Crippen molar-refractivity contribution in [3.8, 4) is 0 Å². The second-order valence-corrected chi connectivity index (χ2v) is 6.12. The van der Waals surface area contributed by atoms with Crippen molar-refractivity contribution in [3.05, 3.63) is 0 Å². The van der Waals surface area contributed by atoms with Crippen LogP contribution in [-0.2, 0) is 9.53 Å². The van der Waals surface area contributed by atoms with Crippen molar-refractivity contribution in [1.82, 2.24) is 5.32 Å². The lowest BCUT2D eigenvalue weighted by atomic mass is 10.0. The predicted octanol–water partition coefficient (Wildman–Crippen LogP) is 2.60. The Morgan fingerprint density at radius 1 is 1.24 bits per heavy atom. The van der Waals surface area contributed by atoms with Gasteiger partial charge in [0.05, 0.1) is 6.61 Å². The van der Waals surface area contributed by atoms with E-state index in [1.165, 1.54) is 0 Å². The molecule has 1 aliphatic carbocycles. The van der Waals surface area contributed by atoms with Gasteiger partial charge in [-0.2, -0.15) is 0 Å². The molecule has 3 heteroatoms. The molecule has 3 nitrogen and oxygen atoms in total. The van der Waals surface area contributed by atoms with Crippen molar-refractivity contribution in [2.24, 2.45) is 16.7 Å². The van der Waals surface area contributed by atoms with Gasteiger partial charge in [-0.05, 0) is 36.6 Å². The van der Waals surface area contributed by atoms with Gasteiger partial charge in [-0.1, -0.05) is 34.6 Å². The average molecular weight is 241 g/mol. The molecule has 1 aliphatic rings. The van der Waals surface area contributed by atoms with Crippen LogP contribution in [0.25, 0.3) is 0 Å². The van der Waals surface area contributed by atoms with Gasteiger partial charge in [0, 0.05) is 0 Å². The van der Waals surface area contributed by atoms with Crippen LogP contribution in [0.2, 0.25) is 0 Å². The predicted molar refractivity (Wildman–Crippen MR) is 69.8 cm³/mol. The summed E-state index contributed by atoms with van der Waals surface area (Å²) in [6.45, 7) is 14.4. The molecule has 1 fully saturated rings. The quantitative estimate of drug-likeness (QED) is 0.726. The normalized spacial score (nSPS) is 23.2. The van der Waals surface area contributed by atoms with Crippen molar-refractivity contribution >= 4 is 5.97 Å². The third kappa shape index (κ3) is 2.65. The average Bonchev–Trinajstić information content (AvgIpc) is 2.61. The zero-order valence-electron chi connectivity index (χ0n) is 12.1. The van der Waals surface area contributed by atoms with E-state index in [1.807, 2.05) is 13.8 Å². The van der Waals surface area contributed by atoms with E-state index in [0.29, 0.717) is 23.4 Å². The van der Waals surface area contributed by atoms with E-state index in [4.69, 9.17) is 4.74 Å².